The Hall–Kier alpha value is -0.820. The molecule has 1 heteroatoms. The van der Waals surface area contributed by atoms with Gasteiger partial charge in [0, 0.05) is 0 Å². The van der Waals surface area contributed by atoms with Gasteiger partial charge < -0.3 is 5.11 Å². The summed E-state index contributed by atoms with van der Waals surface area (Å²) in [7, 11) is 0. The molecule has 0 amide bonds. The minimum absolute atomic E-state index is 0.300. The monoisotopic (exact) mass is 260 g/mol. The third-order valence-electron chi connectivity index (χ3n) is 4.58. The summed E-state index contributed by atoms with van der Waals surface area (Å²) in [6.07, 6.45) is 2.28. The Balaban J connectivity index is 2.32. The first kappa shape index (κ1) is 14.6. The third kappa shape index (κ3) is 3.20. The summed E-state index contributed by atoms with van der Waals surface area (Å²) in [4.78, 5) is 0. The summed E-state index contributed by atoms with van der Waals surface area (Å²) >= 11 is 0. The molecule has 1 aliphatic carbocycles. The highest BCUT2D eigenvalue weighted by Gasteiger charge is 2.34. The Morgan fingerprint density at radius 1 is 0.947 bits per heavy atom. The van der Waals surface area contributed by atoms with Gasteiger partial charge in [-0.2, -0.15) is 0 Å². The molecule has 2 rings (SSSR count). The van der Waals surface area contributed by atoms with E-state index in [-0.39, 0.29) is 6.10 Å². The van der Waals surface area contributed by atoms with E-state index in [1.54, 1.807) is 0 Å². The average molecular weight is 260 g/mol. The molecule has 1 aromatic carbocycles. The maximum atomic E-state index is 10.7. The number of hydrogen-bond acceptors (Lipinski definition) is 1. The van der Waals surface area contributed by atoms with Crippen molar-refractivity contribution in [3.63, 3.8) is 0 Å². The van der Waals surface area contributed by atoms with E-state index < -0.39 is 0 Å². The third-order valence-corrected chi connectivity index (χ3v) is 4.58. The molecule has 0 spiro atoms. The van der Waals surface area contributed by atoms with Gasteiger partial charge in [0.15, 0.2) is 0 Å². The van der Waals surface area contributed by atoms with Crippen LogP contribution in [0.2, 0.25) is 0 Å². The van der Waals surface area contributed by atoms with E-state index in [1.165, 1.54) is 24.0 Å². The Kier molecular flexibility index (Phi) is 4.35. The molecule has 1 N–H and O–H groups in total. The lowest BCUT2D eigenvalue weighted by Gasteiger charge is -2.24. The average Bonchev–Trinajstić information content (AvgIpc) is 3.20. The van der Waals surface area contributed by atoms with Crippen molar-refractivity contribution in [2.24, 2.45) is 11.8 Å². The molecule has 106 valence electrons. The quantitative estimate of drug-likeness (QED) is 0.788. The van der Waals surface area contributed by atoms with Crippen molar-refractivity contribution in [3.05, 3.63) is 34.9 Å². The minimum atomic E-state index is -0.300. The Morgan fingerprint density at radius 2 is 1.58 bits per heavy atom. The van der Waals surface area contributed by atoms with Crippen molar-refractivity contribution < 1.29 is 5.11 Å². The largest absolute Gasteiger partial charge is 0.388 e. The van der Waals surface area contributed by atoms with E-state index in [9.17, 15) is 5.11 Å². The molecule has 0 bridgehead atoms. The van der Waals surface area contributed by atoms with Crippen molar-refractivity contribution in [1.82, 2.24) is 0 Å². The molecule has 1 fully saturated rings. The molecule has 0 aromatic heterocycles. The molecule has 1 aliphatic rings. The molecular weight excluding hydrogens is 232 g/mol. The Labute approximate surface area is 118 Å². The van der Waals surface area contributed by atoms with E-state index in [4.69, 9.17) is 0 Å². The van der Waals surface area contributed by atoms with Crippen LogP contribution in [-0.4, -0.2) is 5.11 Å². The van der Waals surface area contributed by atoms with Crippen LogP contribution in [-0.2, 0) is 0 Å². The van der Waals surface area contributed by atoms with Crippen LogP contribution in [0, 0.1) is 11.8 Å². The SMILES string of the molecule is CC(C)c1ccc(C(O)C(C)C2CC2)c(C(C)C)c1. The van der Waals surface area contributed by atoms with Gasteiger partial charge in [0.2, 0.25) is 0 Å². The summed E-state index contributed by atoms with van der Waals surface area (Å²) in [6, 6.07) is 6.65. The van der Waals surface area contributed by atoms with Crippen molar-refractivity contribution in [2.75, 3.05) is 0 Å². The van der Waals surface area contributed by atoms with E-state index in [0.29, 0.717) is 17.8 Å². The van der Waals surface area contributed by atoms with Crippen LogP contribution in [0.5, 0.6) is 0 Å². The standard InChI is InChI=1S/C18H28O/c1-11(2)15-8-9-16(17(10-15)12(3)4)18(19)13(5)14-6-7-14/h8-14,18-19H,6-7H2,1-5H3. The van der Waals surface area contributed by atoms with Gasteiger partial charge in [-0.15, -0.1) is 0 Å². The van der Waals surface area contributed by atoms with Gasteiger partial charge in [-0.1, -0.05) is 52.8 Å². The highest BCUT2D eigenvalue weighted by atomic mass is 16.3. The molecule has 2 unspecified atom stereocenters. The smallest absolute Gasteiger partial charge is 0.0820 e. The van der Waals surface area contributed by atoms with Crippen LogP contribution in [0.3, 0.4) is 0 Å². The number of aliphatic hydroxyl groups is 1. The lowest BCUT2D eigenvalue weighted by molar-refractivity contribution is 0.105. The molecule has 0 aliphatic heterocycles. The second-order valence-electron chi connectivity index (χ2n) is 6.84. The van der Waals surface area contributed by atoms with E-state index >= 15 is 0 Å². The molecule has 1 nitrogen and oxygen atoms in total. The second kappa shape index (κ2) is 5.66. The summed E-state index contributed by atoms with van der Waals surface area (Å²) in [6.45, 7) is 11.1. The summed E-state index contributed by atoms with van der Waals surface area (Å²) in [5, 5.41) is 10.7. The first-order valence-electron chi connectivity index (χ1n) is 7.73. The molecule has 2 atom stereocenters. The van der Waals surface area contributed by atoms with Gasteiger partial charge in [-0.3, -0.25) is 0 Å². The van der Waals surface area contributed by atoms with Crippen LogP contribution < -0.4 is 0 Å². The van der Waals surface area contributed by atoms with Crippen molar-refractivity contribution in [3.8, 4) is 0 Å². The number of aliphatic hydroxyl groups excluding tert-OH is 1. The van der Waals surface area contributed by atoms with Gasteiger partial charge in [0.25, 0.3) is 0 Å². The molecule has 0 saturated heterocycles. The maximum Gasteiger partial charge on any atom is 0.0820 e. The maximum absolute atomic E-state index is 10.7. The first-order chi connectivity index (χ1) is 8.91. The zero-order chi connectivity index (χ0) is 14.2. The van der Waals surface area contributed by atoms with Crippen molar-refractivity contribution >= 4 is 0 Å². The van der Waals surface area contributed by atoms with Gasteiger partial charge >= 0.3 is 0 Å². The van der Waals surface area contributed by atoms with Crippen LogP contribution >= 0.6 is 0 Å². The zero-order valence-corrected chi connectivity index (χ0v) is 13.0. The molecule has 1 aromatic rings. The lowest BCUT2D eigenvalue weighted by Crippen LogP contribution is -2.14. The first-order valence-corrected chi connectivity index (χ1v) is 7.73. The van der Waals surface area contributed by atoms with Crippen LogP contribution in [0.25, 0.3) is 0 Å². The summed E-state index contributed by atoms with van der Waals surface area (Å²) in [5.74, 6) is 2.14. The lowest BCUT2D eigenvalue weighted by atomic mass is 9.85. The Bertz CT molecular complexity index is 429. The van der Waals surface area contributed by atoms with Gasteiger partial charge in [-0.25, -0.2) is 0 Å². The highest BCUT2D eigenvalue weighted by molar-refractivity contribution is 5.37. The fourth-order valence-electron chi connectivity index (χ4n) is 2.88. The number of rotatable bonds is 5. The summed E-state index contributed by atoms with van der Waals surface area (Å²) < 4.78 is 0. The van der Waals surface area contributed by atoms with E-state index in [1.807, 2.05) is 0 Å². The fourth-order valence-corrected chi connectivity index (χ4v) is 2.88. The fraction of sp³-hybridized carbons (Fsp3) is 0.667. The predicted octanol–water partition coefficient (Wildman–Crippen LogP) is 5.01. The normalized spacial score (nSPS) is 18.9. The topological polar surface area (TPSA) is 20.2 Å². The molecule has 1 saturated carbocycles. The number of benzene rings is 1. The van der Waals surface area contributed by atoms with Crippen molar-refractivity contribution in [1.29, 1.82) is 0 Å². The van der Waals surface area contributed by atoms with E-state index in [0.717, 1.165) is 11.5 Å². The second-order valence-corrected chi connectivity index (χ2v) is 6.84. The van der Waals surface area contributed by atoms with Gasteiger partial charge in [0.05, 0.1) is 6.10 Å². The van der Waals surface area contributed by atoms with Crippen LogP contribution in [0.4, 0.5) is 0 Å². The van der Waals surface area contributed by atoms with Crippen LogP contribution in [0.1, 0.15) is 82.1 Å². The van der Waals surface area contributed by atoms with Crippen LogP contribution in [0.15, 0.2) is 18.2 Å². The van der Waals surface area contributed by atoms with Gasteiger partial charge in [0.1, 0.15) is 0 Å². The molecule has 19 heavy (non-hydrogen) atoms. The minimum Gasteiger partial charge on any atom is -0.388 e. The van der Waals surface area contributed by atoms with Crippen molar-refractivity contribution in [2.45, 2.75) is 65.4 Å². The predicted molar refractivity (Wildman–Crippen MR) is 81.5 cm³/mol. The van der Waals surface area contributed by atoms with Gasteiger partial charge in [-0.05, 0) is 53.2 Å². The molecule has 0 radical (unpaired) electrons. The highest BCUT2D eigenvalue weighted by Crippen LogP contribution is 2.44. The molecular formula is C18H28O. The Morgan fingerprint density at radius 3 is 2.05 bits per heavy atom. The van der Waals surface area contributed by atoms with E-state index in [2.05, 4.69) is 52.8 Å². The number of hydrogen-bond donors (Lipinski definition) is 1. The zero-order valence-electron chi connectivity index (χ0n) is 13.0. The summed E-state index contributed by atoms with van der Waals surface area (Å²) in [5.41, 5.74) is 3.85. The molecule has 0 heterocycles.